The Labute approximate surface area is 118 Å². The fourth-order valence-electron chi connectivity index (χ4n) is 2.03. The Balaban J connectivity index is 2.13. The summed E-state index contributed by atoms with van der Waals surface area (Å²) < 4.78 is 0. The van der Waals surface area contributed by atoms with Crippen molar-refractivity contribution in [3.63, 3.8) is 0 Å². The van der Waals surface area contributed by atoms with Crippen molar-refractivity contribution in [2.24, 2.45) is 5.73 Å². The molecule has 0 fully saturated rings. The van der Waals surface area contributed by atoms with Crippen LogP contribution in [0.5, 0.6) is 0 Å². The Morgan fingerprint density at radius 3 is 2.60 bits per heavy atom. The molecule has 0 saturated carbocycles. The Morgan fingerprint density at radius 2 is 1.95 bits per heavy atom. The minimum atomic E-state index is -0.672. The van der Waals surface area contributed by atoms with Crippen LogP contribution >= 0.6 is 0 Å². The van der Waals surface area contributed by atoms with Gasteiger partial charge in [-0.3, -0.25) is 9.59 Å². The first-order valence-corrected chi connectivity index (χ1v) is 6.51. The molecule has 20 heavy (non-hydrogen) atoms. The fourth-order valence-corrected chi connectivity index (χ4v) is 2.03. The standard InChI is InChI=1S/C16H17N2O2/c1-11(17)16(20)18-15(10-19)9-12-6-7-13-4-2-3-5-14(13)8-12/h2-8,11,15H,9,17H2,1H3,(H,18,20)/t11-,15-/m1/s1. The number of amides is 1. The molecule has 0 aliphatic rings. The molecule has 0 unspecified atom stereocenters. The van der Waals surface area contributed by atoms with Gasteiger partial charge in [0.2, 0.25) is 12.2 Å². The van der Waals surface area contributed by atoms with Crippen molar-refractivity contribution in [2.75, 3.05) is 0 Å². The average Bonchev–Trinajstić information content (AvgIpc) is 2.46. The summed E-state index contributed by atoms with van der Waals surface area (Å²) in [5.74, 6) is -0.348. The zero-order valence-corrected chi connectivity index (χ0v) is 11.3. The molecular formula is C16H17N2O2. The lowest BCUT2D eigenvalue weighted by molar-refractivity contribution is -0.122. The topological polar surface area (TPSA) is 72.2 Å². The van der Waals surface area contributed by atoms with Crippen molar-refractivity contribution in [1.82, 2.24) is 5.32 Å². The normalized spacial score (nSPS) is 13.7. The van der Waals surface area contributed by atoms with Crippen molar-refractivity contribution in [3.05, 3.63) is 48.0 Å². The minimum Gasteiger partial charge on any atom is -0.344 e. The Hall–Kier alpha value is -2.20. The van der Waals surface area contributed by atoms with Crippen LogP contribution in [0.25, 0.3) is 10.8 Å². The van der Waals surface area contributed by atoms with E-state index < -0.39 is 12.1 Å². The molecule has 0 aliphatic carbocycles. The third-order valence-electron chi connectivity index (χ3n) is 3.13. The molecule has 0 bridgehead atoms. The first-order valence-electron chi connectivity index (χ1n) is 6.51. The summed E-state index contributed by atoms with van der Waals surface area (Å²) in [6.45, 7) is 1.58. The SMILES string of the molecule is C[C@@H](N)C(=O)N[C@@H]([C]=O)Cc1ccc2ccccc2c1. The number of carbonyl (C=O) groups is 1. The molecule has 0 saturated heterocycles. The summed E-state index contributed by atoms with van der Waals surface area (Å²) in [5, 5.41) is 4.82. The van der Waals surface area contributed by atoms with E-state index in [-0.39, 0.29) is 5.91 Å². The maximum atomic E-state index is 11.5. The molecule has 2 aromatic carbocycles. The number of carbonyl (C=O) groups excluding carboxylic acids is 2. The second-order valence-electron chi connectivity index (χ2n) is 4.85. The molecule has 1 radical (unpaired) electrons. The van der Waals surface area contributed by atoms with E-state index in [1.54, 1.807) is 6.92 Å². The van der Waals surface area contributed by atoms with Gasteiger partial charge in [-0.25, -0.2) is 0 Å². The van der Waals surface area contributed by atoms with Gasteiger partial charge in [0.25, 0.3) is 0 Å². The van der Waals surface area contributed by atoms with Gasteiger partial charge < -0.3 is 11.1 Å². The molecule has 3 N–H and O–H groups in total. The number of benzene rings is 2. The van der Waals surface area contributed by atoms with Gasteiger partial charge in [-0.05, 0) is 23.3 Å². The lowest BCUT2D eigenvalue weighted by Crippen LogP contribution is -2.45. The first-order chi connectivity index (χ1) is 9.60. The predicted molar refractivity (Wildman–Crippen MR) is 78.9 cm³/mol. The van der Waals surface area contributed by atoms with Crippen LogP contribution in [0.4, 0.5) is 0 Å². The van der Waals surface area contributed by atoms with E-state index in [0.717, 1.165) is 16.3 Å². The zero-order valence-electron chi connectivity index (χ0n) is 11.3. The second-order valence-corrected chi connectivity index (χ2v) is 4.85. The summed E-state index contributed by atoms with van der Waals surface area (Å²) in [4.78, 5) is 22.5. The van der Waals surface area contributed by atoms with E-state index in [1.165, 1.54) is 0 Å². The van der Waals surface area contributed by atoms with Crippen molar-refractivity contribution < 1.29 is 9.59 Å². The number of hydrogen-bond acceptors (Lipinski definition) is 3. The molecular weight excluding hydrogens is 252 g/mol. The highest BCUT2D eigenvalue weighted by atomic mass is 16.2. The maximum Gasteiger partial charge on any atom is 0.237 e. The number of fused-ring (bicyclic) bond motifs is 1. The van der Waals surface area contributed by atoms with Crippen LogP contribution in [-0.4, -0.2) is 24.3 Å². The summed E-state index contributed by atoms with van der Waals surface area (Å²) in [6, 6.07) is 12.6. The third-order valence-corrected chi connectivity index (χ3v) is 3.13. The quantitative estimate of drug-likeness (QED) is 0.860. The van der Waals surface area contributed by atoms with Crippen molar-refractivity contribution in [1.29, 1.82) is 0 Å². The fraction of sp³-hybridized carbons (Fsp3) is 0.250. The molecule has 0 heterocycles. The highest BCUT2D eigenvalue weighted by molar-refractivity contribution is 5.85. The summed E-state index contributed by atoms with van der Waals surface area (Å²) >= 11 is 0. The van der Waals surface area contributed by atoms with E-state index in [4.69, 9.17) is 5.73 Å². The van der Waals surface area contributed by atoms with Crippen molar-refractivity contribution in [3.8, 4) is 0 Å². The van der Waals surface area contributed by atoms with Gasteiger partial charge in [-0.2, -0.15) is 0 Å². The smallest absolute Gasteiger partial charge is 0.237 e. The largest absolute Gasteiger partial charge is 0.344 e. The highest BCUT2D eigenvalue weighted by Gasteiger charge is 2.15. The predicted octanol–water partition coefficient (Wildman–Crippen LogP) is 1.32. The third kappa shape index (κ3) is 3.42. The van der Waals surface area contributed by atoms with E-state index in [9.17, 15) is 9.59 Å². The molecule has 4 heteroatoms. The molecule has 2 aromatic rings. The van der Waals surface area contributed by atoms with Gasteiger partial charge in [-0.15, -0.1) is 0 Å². The molecule has 0 aromatic heterocycles. The molecule has 0 aliphatic heterocycles. The summed E-state index contributed by atoms with van der Waals surface area (Å²) in [5.41, 5.74) is 6.44. The van der Waals surface area contributed by atoms with E-state index in [0.29, 0.717) is 6.42 Å². The van der Waals surface area contributed by atoms with Crippen molar-refractivity contribution in [2.45, 2.75) is 25.4 Å². The molecule has 0 spiro atoms. The van der Waals surface area contributed by atoms with Gasteiger partial charge in [-0.1, -0.05) is 42.5 Å². The van der Waals surface area contributed by atoms with Crippen LogP contribution in [0, 0.1) is 0 Å². The average molecular weight is 269 g/mol. The Bertz CT molecular complexity index is 623. The zero-order chi connectivity index (χ0) is 14.5. The molecule has 103 valence electrons. The Morgan fingerprint density at radius 1 is 1.25 bits per heavy atom. The lowest BCUT2D eigenvalue weighted by Gasteiger charge is -2.14. The number of hydrogen-bond donors (Lipinski definition) is 2. The monoisotopic (exact) mass is 269 g/mol. The number of rotatable bonds is 5. The van der Waals surface area contributed by atoms with Crippen LogP contribution in [0.3, 0.4) is 0 Å². The summed E-state index contributed by atoms with van der Waals surface area (Å²) in [7, 11) is 0. The molecule has 2 rings (SSSR count). The first kappa shape index (κ1) is 14.2. The maximum absolute atomic E-state index is 11.5. The van der Waals surface area contributed by atoms with E-state index in [1.807, 2.05) is 48.8 Å². The van der Waals surface area contributed by atoms with Gasteiger partial charge in [0.05, 0.1) is 12.1 Å². The van der Waals surface area contributed by atoms with Gasteiger partial charge in [0.15, 0.2) is 0 Å². The number of nitrogens with two attached hydrogens (primary N) is 1. The lowest BCUT2D eigenvalue weighted by atomic mass is 10.0. The summed E-state index contributed by atoms with van der Waals surface area (Å²) in [6.07, 6.45) is 2.26. The van der Waals surface area contributed by atoms with Crippen LogP contribution in [0.2, 0.25) is 0 Å². The molecule has 2 atom stereocenters. The van der Waals surface area contributed by atoms with Crippen LogP contribution in [-0.2, 0) is 16.0 Å². The van der Waals surface area contributed by atoms with Crippen LogP contribution in [0.15, 0.2) is 42.5 Å². The van der Waals surface area contributed by atoms with Gasteiger partial charge in [0.1, 0.15) is 0 Å². The van der Waals surface area contributed by atoms with Gasteiger partial charge >= 0.3 is 0 Å². The van der Waals surface area contributed by atoms with Crippen LogP contribution in [0.1, 0.15) is 12.5 Å². The van der Waals surface area contributed by atoms with Crippen LogP contribution < -0.4 is 11.1 Å². The van der Waals surface area contributed by atoms with Crippen molar-refractivity contribution >= 4 is 23.0 Å². The second kappa shape index (κ2) is 6.30. The van der Waals surface area contributed by atoms with E-state index in [2.05, 4.69) is 5.32 Å². The van der Waals surface area contributed by atoms with E-state index >= 15 is 0 Å². The minimum absolute atomic E-state index is 0.348. The molecule has 1 amide bonds. The number of nitrogens with one attached hydrogen (secondary N) is 1. The highest BCUT2D eigenvalue weighted by Crippen LogP contribution is 2.16. The Kier molecular flexibility index (Phi) is 4.48. The molecule has 4 nitrogen and oxygen atoms in total. The van der Waals surface area contributed by atoms with Gasteiger partial charge in [0, 0.05) is 6.42 Å².